The van der Waals surface area contributed by atoms with E-state index in [2.05, 4.69) is 84.4 Å². The van der Waals surface area contributed by atoms with Crippen molar-refractivity contribution in [2.45, 2.75) is 64.4 Å². The van der Waals surface area contributed by atoms with Gasteiger partial charge in [0.15, 0.2) is 6.10 Å². The number of hydrogen-bond acceptors (Lipinski definition) is 6. The molecule has 6 nitrogen and oxygen atoms in total. The van der Waals surface area contributed by atoms with Crippen LogP contribution in [0.15, 0.2) is 72.9 Å². The fraction of sp³-hybridized carbons (Fsp3) is 0.517. The van der Waals surface area contributed by atoms with Crippen LogP contribution in [0.25, 0.3) is 0 Å². The summed E-state index contributed by atoms with van der Waals surface area (Å²) in [6.45, 7) is 2.60. The predicted octanol–water partition coefficient (Wildman–Crippen LogP) is 5.43. The number of carbonyl (C=O) groups excluding carboxylic acids is 2. The molecule has 208 valence electrons. The Hall–Kier alpha value is -2.00. The first-order valence-corrected chi connectivity index (χ1v) is 15.6. The summed E-state index contributed by atoms with van der Waals surface area (Å²) in [5, 5.41) is 23.2. The van der Waals surface area contributed by atoms with Crippen LogP contribution in [0.3, 0.4) is 0 Å². The largest absolute Gasteiger partial charge is 0.393 e. The van der Waals surface area contributed by atoms with Gasteiger partial charge in [0.25, 0.3) is 5.91 Å². The van der Waals surface area contributed by atoms with Crippen molar-refractivity contribution in [3.05, 3.63) is 72.9 Å². The van der Waals surface area contributed by atoms with Gasteiger partial charge in [-0.15, -0.1) is 0 Å². The van der Waals surface area contributed by atoms with Crippen LogP contribution < -0.4 is 10.6 Å². The van der Waals surface area contributed by atoms with E-state index in [1.165, 1.54) is 0 Å². The van der Waals surface area contributed by atoms with Gasteiger partial charge < -0.3 is 20.8 Å². The second-order valence-corrected chi connectivity index (χ2v) is 10.6. The van der Waals surface area contributed by atoms with Crippen molar-refractivity contribution in [3.8, 4) is 0 Å². The lowest BCUT2D eigenvalue weighted by molar-refractivity contribution is -0.131. The van der Waals surface area contributed by atoms with E-state index in [1.807, 2.05) is 6.08 Å². The van der Waals surface area contributed by atoms with E-state index >= 15 is 0 Å². The summed E-state index contributed by atoms with van der Waals surface area (Å²) in [7, 11) is 3.20. The van der Waals surface area contributed by atoms with Crippen molar-refractivity contribution in [3.63, 3.8) is 0 Å². The van der Waals surface area contributed by atoms with E-state index in [0.29, 0.717) is 25.3 Å². The summed E-state index contributed by atoms with van der Waals surface area (Å²) < 4.78 is 0. The lowest BCUT2D eigenvalue weighted by atomic mass is 10.2. The molecule has 0 fully saturated rings. The summed E-state index contributed by atoms with van der Waals surface area (Å²) in [6.07, 6.45) is 31.7. The van der Waals surface area contributed by atoms with Crippen LogP contribution in [0.1, 0.15) is 58.3 Å². The van der Waals surface area contributed by atoms with E-state index in [0.717, 1.165) is 50.7 Å². The molecular formula is C29H46N2O4S2. The Labute approximate surface area is 231 Å². The van der Waals surface area contributed by atoms with E-state index in [9.17, 15) is 9.59 Å². The molecule has 37 heavy (non-hydrogen) atoms. The lowest BCUT2D eigenvalue weighted by Crippen LogP contribution is -2.37. The Morgan fingerprint density at radius 1 is 0.703 bits per heavy atom. The zero-order valence-corrected chi connectivity index (χ0v) is 23.9. The van der Waals surface area contributed by atoms with Gasteiger partial charge in [0.1, 0.15) is 0 Å². The van der Waals surface area contributed by atoms with Crippen LogP contribution in [0.5, 0.6) is 0 Å². The van der Waals surface area contributed by atoms with Gasteiger partial charge in [-0.05, 0) is 44.9 Å². The van der Waals surface area contributed by atoms with Crippen molar-refractivity contribution in [1.29, 1.82) is 0 Å². The molecule has 4 N–H and O–H groups in total. The molecule has 0 aromatic carbocycles. The number of hydrogen-bond donors (Lipinski definition) is 4. The van der Waals surface area contributed by atoms with Gasteiger partial charge in [-0.2, -0.15) is 0 Å². The number of rotatable bonds is 23. The molecule has 0 aliphatic rings. The summed E-state index contributed by atoms with van der Waals surface area (Å²) in [4.78, 5) is 23.1. The first-order valence-electron chi connectivity index (χ1n) is 13.1. The first kappa shape index (κ1) is 35.0. The standard InChI is InChI=1S/C29H46N2O4S2/c1-2-3-4-5-6-7-8-9-10-11-12-13-14-15-16-17-18-19-20-21-28(34)30-22-24-36-37-25-23-31-29(35)27(33)26-32/h3-4,6-7,9-10,12-13,15-16,18-19,27,32-33H,2,5,8,11,14,17,20-26H2,1H3,(H,30,34)(H,31,35)/b4-3-,7-6-,10-9-,13-12-,16-15-,19-18-. The van der Waals surface area contributed by atoms with Crippen molar-refractivity contribution in [1.82, 2.24) is 10.6 Å². The zero-order valence-electron chi connectivity index (χ0n) is 22.2. The maximum atomic E-state index is 11.8. The van der Waals surface area contributed by atoms with Gasteiger partial charge in [0, 0.05) is 31.0 Å². The molecule has 2 amide bonds. The summed E-state index contributed by atoms with van der Waals surface area (Å²) in [5.74, 6) is 0.956. The highest BCUT2D eigenvalue weighted by Crippen LogP contribution is 2.19. The molecule has 0 saturated carbocycles. The third kappa shape index (κ3) is 26.9. The Morgan fingerprint density at radius 3 is 1.59 bits per heavy atom. The molecule has 1 unspecified atom stereocenters. The number of aliphatic hydroxyl groups excluding tert-OH is 2. The monoisotopic (exact) mass is 550 g/mol. The summed E-state index contributed by atoms with van der Waals surface area (Å²) in [5.41, 5.74) is 0. The SMILES string of the molecule is CC/C=C\C/C=C\C/C=C\C/C=C\C/C=C\C/C=C\CCC(=O)NCCSSCCNC(=O)C(O)CO. The van der Waals surface area contributed by atoms with Gasteiger partial charge in [0.05, 0.1) is 6.61 Å². The number of carbonyl (C=O) groups is 2. The van der Waals surface area contributed by atoms with Crippen LogP contribution in [-0.2, 0) is 9.59 Å². The first-order chi connectivity index (χ1) is 18.1. The second kappa shape index (κ2) is 28.6. The molecule has 0 bridgehead atoms. The molecule has 0 aromatic rings. The van der Waals surface area contributed by atoms with Crippen LogP contribution in [0.2, 0.25) is 0 Å². The van der Waals surface area contributed by atoms with Crippen molar-refractivity contribution in [2.24, 2.45) is 0 Å². The van der Waals surface area contributed by atoms with Gasteiger partial charge in [-0.3, -0.25) is 9.59 Å². The van der Waals surface area contributed by atoms with Gasteiger partial charge in [-0.25, -0.2) is 0 Å². The van der Waals surface area contributed by atoms with Crippen LogP contribution in [0, 0.1) is 0 Å². The molecule has 0 spiro atoms. The van der Waals surface area contributed by atoms with Crippen LogP contribution >= 0.6 is 21.6 Å². The highest BCUT2D eigenvalue weighted by molar-refractivity contribution is 8.76. The van der Waals surface area contributed by atoms with Crippen LogP contribution in [0.4, 0.5) is 0 Å². The van der Waals surface area contributed by atoms with Crippen molar-refractivity contribution in [2.75, 3.05) is 31.2 Å². The molecule has 0 aromatic heterocycles. The van der Waals surface area contributed by atoms with E-state index in [4.69, 9.17) is 10.2 Å². The lowest BCUT2D eigenvalue weighted by Gasteiger charge is -2.08. The normalized spacial score (nSPS) is 13.3. The fourth-order valence-corrected chi connectivity index (χ4v) is 4.52. The Kier molecular flexibility index (Phi) is 27.0. The van der Waals surface area contributed by atoms with Gasteiger partial charge >= 0.3 is 0 Å². The highest BCUT2D eigenvalue weighted by atomic mass is 33.1. The Morgan fingerprint density at radius 2 is 1.14 bits per heavy atom. The smallest absolute Gasteiger partial charge is 0.251 e. The Bertz CT molecular complexity index is 746. The topological polar surface area (TPSA) is 98.7 Å². The maximum Gasteiger partial charge on any atom is 0.251 e. The van der Waals surface area contributed by atoms with Gasteiger partial charge in [0.2, 0.25) is 5.91 Å². The zero-order chi connectivity index (χ0) is 27.2. The third-order valence-electron chi connectivity index (χ3n) is 4.69. The van der Waals surface area contributed by atoms with E-state index < -0.39 is 18.6 Å². The molecular weight excluding hydrogens is 504 g/mol. The maximum absolute atomic E-state index is 11.8. The minimum Gasteiger partial charge on any atom is -0.393 e. The molecule has 0 aliphatic heterocycles. The number of aliphatic hydroxyl groups is 2. The average molecular weight is 551 g/mol. The second-order valence-electron chi connectivity index (χ2n) is 7.94. The molecule has 0 heterocycles. The van der Waals surface area contributed by atoms with Crippen molar-refractivity contribution < 1.29 is 19.8 Å². The summed E-state index contributed by atoms with van der Waals surface area (Å²) in [6, 6.07) is 0. The quantitative estimate of drug-likeness (QED) is 0.0769. The van der Waals surface area contributed by atoms with E-state index in [-0.39, 0.29) is 5.91 Å². The molecule has 0 aliphatic carbocycles. The molecule has 8 heteroatoms. The average Bonchev–Trinajstić information content (AvgIpc) is 2.90. The third-order valence-corrected chi connectivity index (χ3v) is 7.09. The minimum atomic E-state index is -1.36. The minimum absolute atomic E-state index is 0.0513. The molecule has 0 rings (SSSR count). The van der Waals surface area contributed by atoms with Gasteiger partial charge in [-0.1, -0.05) is 101 Å². The number of allylic oxidation sites excluding steroid dienone is 12. The fourth-order valence-electron chi connectivity index (χ4n) is 2.71. The predicted molar refractivity (Wildman–Crippen MR) is 161 cm³/mol. The van der Waals surface area contributed by atoms with E-state index in [1.54, 1.807) is 21.6 Å². The number of amides is 2. The van der Waals surface area contributed by atoms with Crippen LogP contribution in [-0.4, -0.2) is 59.3 Å². The number of nitrogens with one attached hydrogen (secondary N) is 2. The summed E-state index contributed by atoms with van der Waals surface area (Å²) >= 11 is 0. The molecule has 0 saturated heterocycles. The van der Waals surface area contributed by atoms with Crippen molar-refractivity contribution >= 4 is 33.4 Å². The highest BCUT2D eigenvalue weighted by Gasteiger charge is 2.11. The Balaban J connectivity index is 3.54. The molecule has 1 atom stereocenters. The molecule has 0 radical (unpaired) electrons.